The second-order valence-electron chi connectivity index (χ2n) is 8.20. The Balaban J connectivity index is 1.51. The number of methoxy groups -OCH3 is 1. The number of rotatable bonds is 6. The van der Waals surface area contributed by atoms with E-state index in [1.165, 1.54) is 0 Å². The number of carbonyl (C=O) groups is 4. The van der Waals surface area contributed by atoms with Gasteiger partial charge in [0.1, 0.15) is 5.75 Å². The second-order valence-corrected chi connectivity index (χ2v) is 8.20. The van der Waals surface area contributed by atoms with Gasteiger partial charge in [-0.25, -0.2) is 0 Å². The Labute approximate surface area is 175 Å². The van der Waals surface area contributed by atoms with E-state index in [1.807, 2.05) is 29.2 Å². The fraction of sp³-hybridized carbons (Fsp3) is 0.524. The van der Waals surface area contributed by atoms with E-state index in [2.05, 4.69) is 5.43 Å². The number of ether oxygens (including phenoxy) is 1. The highest BCUT2D eigenvalue weighted by molar-refractivity contribution is 6.01. The smallest absolute Gasteiger partial charge is 0.253 e. The Hall–Kier alpha value is -2.94. The number of para-hydroxylation sites is 2. The summed E-state index contributed by atoms with van der Waals surface area (Å²) in [5.74, 6) is -0.651. The molecule has 0 aromatic heterocycles. The van der Waals surface area contributed by atoms with Gasteiger partial charge in [-0.05, 0) is 18.6 Å². The van der Waals surface area contributed by atoms with Gasteiger partial charge in [-0.2, -0.15) is 5.01 Å². The summed E-state index contributed by atoms with van der Waals surface area (Å²) in [7, 11) is 1.57. The lowest BCUT2D eigenvalue weighted by molar-refractivity contribution is -0.163. The molecule has 2 fully saturated rings. The third-order valence-corrected chi connectivity index (χ3v) is 5.56. The Morgan fingerprint density at radius 1 is 1.13 bits per heavy atom. The summed E-state index contributed by atoms with van der Waals surface area (Å²) >= 11 is 0. The zero-order valence-corrected chi connectivity index (χ0v) is 17.6. The van der Waals surface area contributed by atoms with Crippen molar-refractivity contribution >= 4 is 29.3 Å². The molecule has 1 N–H and O–H groups in total. The molecule has 0 atom stereocenters. The number of nitrogens with zero attached hydrogens (tertiary/aromatic N) is 3. The predicted octanol–water partition coefficient (Wildman–Crippen LogP) is 0.940. The Bertz CT molecular complexity index is 854. The van der Waals surface area contributed by atoms with Gasteiger partial charge in [0.25, 0.3) is 5.91 Å². The van der Waals surface area contributed by atoms with Crippen LogP contribution >= 0.6 is 0 Å². The number of benzene rings is 1. The normalized spacial score (nSPS) is 19.8. The summed E-state index contributed by atoms with van der Waals surface area (Å²) in [5, 5.41) is 0.844. The van der Waals surface area contributed by atoms with Crippen molar-refractivity contribution in [3.05, 3.63) is 24.3 Å². The minimum Gasteiger partial charge on any atom is -0.495 e. The van der Waals surface area contributed by atoms with E-state index in [0.29, 0.717) is 31.8 Å². The van der Waals surface area contributed by atoms with Crippen molar-refractivity contribution in [1.82, 2.24) is 15.3 Å². The summed E-state index contributed by atoms with van der Waals surface area (Å²) in [6.45, 7) is 5.14. The zero-order chi connectivity index (χ0) is 21.9. The molecular weight excluding hydrogens is 388 g/mol. The molecule has 0 radical (unpaired) electrons. The second kappa shape index (κ2) is 8.83. The minimum atomic E-state index is -0.678. The monoisotopic (exact) mass is 416 g/mol. The molecule has 4 amide bonds. The first-order valence-corrected chi connectivity index (χ1v) is 10.1. The third-order valence-electron chi connectivity index (χ3n) is 5.56. The van der Waals surface area contributed by atoms with E-state index in [4.69, 9.17) is 4.74 Å². The van der Waals surface area contributed by atoms with Crippen molar-refractivity contribution in [2.24, 2.45) is 5.41 Å². The molecule has 2 saturated heterocycles. The maximum absolute atomic E-state index is 12.6. The Morgan fingerprint density at radius 2 is 1.87 bits per heavy atom. The lowest BCUT2D eigenvalue weighted by Gasteiger charge is -2.36. The highest BCUT2D eigenvalue weighted by Gasteiger charge is 2.41. The molecule has 2 heterocycles. The van der Waals surface area contributed by atoms with Crippen LogP contribution in [0.3, 0.4) is 0 Å². The number of piperazine rings is 1. The van der Waals surface area contributed by atoms with Crippen LogP contribution in [-0.4, -0.2) is 66.8 Å². The van der Waals surface area contributed by atoms with Gasteiger partial charge in [0.2, 0.25) is 17.7 Å². The van der Waals surface area contributed by atoms with Crippen LogP contribution in [0.2, 0.25) is 0 Å². The van der Waals surface area contributed by atoms with Gasteiger partial charge in [-0.15, -0.1) is 0 Å². The number of carbonyl (C=O) groups excluding carboxylic acids is 4. The third kappa shape index (κ3) is 4.62. The van der Waals surface area contributed by atoms with Gasteiger partial charge in [-0.3, -0.25) is 29.5 Å². The van der Waals surface area contributed by atoms with Crippen LogP contribution in [-0.2, 0) is 19.2 Å². The van der Waals surface area contributed by atoms with E-state index in [0.717, 1.165) is 10.7 Å². The van der Waals surface area contributed by atoms with E-state index in [-0.39, 0.29) is 25.3 Å². The number of imide groups is 1. The summed E-state index contributed by atoms with van der Waals surface area (Å²) in [4.78, 5) is 52.9. The molecule has 3 rings (SSSR count). The number of piperidine rings is 1. The zero-order valence-electron chi connectivity index (χ0n) is 17.6. The number of hydrazine groups is 1. The molecule has 30 heavy (non-hydrogen) atoms. The van der Waals surface area contributed by atoms with Crippen LogP contribution in [0.15, 0.2) is 24.3 Å². The maximum atomic E-state index is 12.6. The Kier molecular flexibility index (Phi) is 6.40. The van der Waals surface area contributed by atoms with E-state index in [9.17, 15) is 19.2 Å². The molecule has 0 saturated carbocycles. The van der Waals surface area contributed by atoms with Crippen LogP contribution in [0.5, 0.6) is 5.75 Å². The largest absolute Gasteiger partial charge is 0.495 e. The van der Waals surface area contributed by atoms with Gasteiger partial charge in [-0.1, -0.05) is 26.0 Å². The maximum Gasteiger partial charge on any atom is 0.253 e. The molecule has 0 unspecified atom stereocenters. The average Bonchev–Trinajstić information content (AvgIpc) is 2.73. The van der Waals surface area contributed by atoms with Gasteiger partial charge in [0.05, 0.1) is 19.3 Å². The quantitative estimate of drug-likeness (QED) is 0.693. The van der Waals surface area contributed by atoms with Crippen molar-refractivity contribution in [3.8, 4) is 5.75 Å². The van der Waals surface area contributed by atoms with Crippen molar-refractivity contribution in [2.75, 3.05) is 38.2 Å². The Morgan fingerprint density at radius 3 is 2.57 bits per heavy atom. The molecule has 1 aromatic carbocycles. The number of hydrogen-bond acceptors (Lipinski definition) is 6. The van der Waals surface area contributed by atoms with Crippen molar-refractivity contribution in [2.45, 2.75) is 33.1 Å². The highest BCUT2D eigenvalue weighted by atomic mass is 16.5. The van der Waals surface area contributed by atoms with Crippen LogP contribution in [0.4, 0.5) is 5.69 Å². The molecule has 9 nitrogen and oxygen atoms in total. The van der Waals surface area contributed by atoms with Crippen molar-refractivity contribution < 1.29 is 23.9 Å². The molecule has 162 valence electrons. The first-order valence-electron chi connectivity index (χ1n) is 10.1. The summed E-state index contributed by atoms with van der Waals surface area (Å²) in [6, 6.07) is 7.35. The predicted molar refractivity (Wildman–Crippen MR) is 109 cm³/mol. The van der Waals surface area contributed by atoms with Crippen LogP contribution in [0, 0.1) is 5.41 Å². The molecule has 0 aliphatic carbocycles. The van der Waals surface area contributed by atoms with Gasteiger partial charge < -0.3 is 9.64 Å². The van der Waals surface area contributed by atoms with Gasteiger partial charge >= 0.3 is 0 Å². The number of nitrogens with one attached hydrogen (secondary N) is 1. The first kappa shape index (κ1) is 21.8. The molecule has 1 aromatic rings. The number of amides is 4. The van der Waals surface area contributed by atoms with Crippen LogP contribution in [0.25, 0.3) is 0 Å². The lowest BCUT2D eigenvalue weighted by Crippen LogP contribution is -2.57. The average molecular weight is 416 g/mol. The SMILES string of the molecule is COc1ccccc1N1CCN(CCC(=O)NN2C(=O)CCC(C)(C)C2=O)CC1=O. The van der Waals surface area contributed by atoms with Crippen molar-refractivity contribution in [1.29, 1.82) is 0 Å². The lowest BCUT2D eigenvalue weighted by atomic mass is 9.83. The van der Waals surface area contributed by atoms with Gasteiger partial charge in [0, 0.05) is 37.9 Å². The summed E-state index contributed by atoms with van der Waals surface area (Å²) in [6.07, 6.45) is 0.771. The number of anilines is 1. The molecule has 0 spiro atoms. The molecule has 9 heteroatoms. The summed E-state index contributed by atoms with van der Waals surface area (Å²) < 4.78 is 5.34. The topological polar surface area (TPSA) is 99.3 Å². The molecular formula is C21H28N4O5. The van der Waals surface area contributed by atoms with E-state index >= 15 is 0 Å². The minimum absolute atomic E-state index is 0.0747. The van der Waals surface area contributed by atoms with Gasteiger partial charge in [0.15, 0.2) is 0 Å². The molecule has 2 aliphatic rings. The summed E-state index contributed by atoms with van der Waals surface area (Å²) in [5.41, 5.74) is 2.48. The molecule has 0 bridgehead atoms. The van der Waals surface area contributed by atoms with Crippen molar-refractivity contribution in [3.63, 3.8) is 0 Å². The fourth-order valence-corrected chi connectivity index (χ4v) is 3.63. The first-order chi connectivity index (χ1) is 14.2. The number of hydrogen-bond donors (Lipinski definition) is 1. The fourth-order valence-electron chi connectivity index (χ4n) is 3.63. The van der Waals surface area contributed by atoms with Crippen LogP contribution < -0.4 is 15.1 Å². The van der Waals surface area contributed by atoms with E-state index in [1.54, 1.807) is 25.9 Å². The highest BCUT2D eigenvalue weighted by Crippen LogP contribution is 2.30. The van der Waals surface area contributed by atoms with E-state index < -0.39 is 23.1 Å². The standard InChI is InChI=1S/C21H28N4O5/c1-21(2)10-8-18(27)25(20(21)29)22-17(26)9-11-23-12-13-24(19(28)14-23)15-6-4-5-7-16(15)30-3/h4-7H,8-14H2,1-3H3,(H,22,26). The molecule has 2 aliphatic heterocycles. The van der Waals surface area contributed by atoms with Crippen LogP contribution in [0.1, 0.15) is 33.1 Å².